The van der Waals surface area contributed by atoms with Crippen LogP contribution >= 0.6 is 12.4 Å². The third kappa shape index (κ3) is 7.10. The highest BCUT2D eigenvalue weighted by atomic mass is 35.5. The fourth-order valence-electron chi connectivity index (χ4n) is 4.96. The van der Waals surface area contributed by atoms with Gasteiger partial charge < -0.3 is 15.5 Å². The van der Waals surface area contributed by atoms with E-state index in [1.165, 1.54) is 12.1 Å². The number of amides is 4. The number of likely N-dealkylation sites (tertiary alicyclic amines) is 1. The summed E-state index contributed by atoms with van der Waals surface area (Å²) in [6.07, 6.45) is -2.86. The van der Waals surface area contributed by atoms with Gasteiger partial charge in [-0.2, -0.15) is 13.2 Å². The maximum Gasteiger partial charge on any atom is 0.416 e. The van der Waals surface area contributed by atoms with Gasteiger partial charge in [0.05, 0.1) is 18.2 Å². The molecule has 2 aliphatic rings. The molecule has 0 aliphatic carbocycles. The number of hydrogen-bond donors (Lipinski definition) is 2. The van der Waals surface area contributed by atoms with Crippen LogP contribution in [-0.4, -0.2) is 52.8 Å². The predicted molar refractivity (Wildman–Crippen MR) is 143 cm³/mol. The van der Waals surface area contributed by atoms with Gasteiger partial charge in [-0.15, -0.1) is 12.4 Å². The van der Waals surface area contributed by atoms with E-state index in [4.69, 9.17) is 0 Å². The second-order valence-electron chi connectivity index (χ2n) is 10.4. The molecule has 2 fully saturated rings. The van der Waals surface area contributed by atoms with Crippen molar-refractivity contribution < 1.29 is 27.6 Å². The first-order valence-electron chi connectivity index (χ1n) is 12.9. The Morgan fingerprint density at radius 1 is 1.03 bits per heavy atom. The smallest absolute Gasteiger partial charge is 0.349 e. The minimum atomic E-state index is -4.45. The van der Waals surface area contributed by atoms with Crippen LogP contribution in [0.1, 0.15) is 55.8 Å². The van der Waals surface area contributed by atoms with E-state index >= 15 is 0 Å². The van der Waals surface area contributed by atoms with Crippen molar-refractivity contribution in [3.05, 3.63) is 71.3 Å². The van der Waals surface area contributed by atoms with Crippen LogP contribution in [0.15, 0.2) is 54.6 Å². The maximum atomic E-state index is 13.3. The van der Waals surface area contributed by atoms with Crippen LogP contribution in [0.2, 0.25) is 0 Å². The number of carbonyl (C=O) groups is 3. The molecule has 2 saturated heterocycles. The molecule has 2 aliphatic heterocycles. The number of imide groups is 1. The van der Waals surface area contributed by atoms with Crippen molar-refractivity contribution in [3.8, 4) is 0 Å². The quantitative estimate of drug-likeness (QED) is 0.445. The zero-order valence-corrected chi connectivity index (χ0v) is 22.8. The van der Waals surface area contributed by atoms with E-state index < -0.39 is 23.3 Å². The molecule has 4 amide bonds. The highest BCUT2D eigenvalue weighted by Gasteiger charge is 2.52. The Morgan fingerprint density at radius 3 is 2.21 bits per heavy atom. The summed E-state index contributed by atoms with van der Waals surface area (Å²) in [7, 11) is 0. The summed E-state index contributed by atoms with van der Waals surface area (Å²) >= 11 is 0. The molecule has 2 aromatic carbocycles. The van der Waals surface area contributed by atoms with Gasteiger partial charge in [-0.3, -0.25) is 14.5 Å². The van der Waals surface area contributed by atoms with Crippen molar-refractivity contribution in [3.63, 3.8) is 0 Å². The Morgan fingerprint density at radius 2 is 1.64 bits per heavy atom. The molecule has 2 N–H and O–H groups in total. The Bertz CT molecular complexity index is 1150. The van der Waals surface area contributed by atoms with E-state index in [2.05, 4.69) is 15.5 Å². The summed E-state index contributed by atoms with van der Waals surface area (Å²) < 4.78 is 38.5. The van der Waals surface area contributed by atoms with Gasteiger partial charge in [0.15, 0.2) is 0 Å². The van der Waals surface area contributed by atoms with E-state index in [0.717, 1.165) is 22.6 Å². The number of nitrogens with zero attached hydrogens (tertiary/aromatic N) is 2. The number of urea groups is 1. The lowest BCUT2D eigenvalue weighted by molar-refractivity contribution is -0.137. The lowest BCUT2D eigenvalue weighted by Gasteiger charge is -2.37. The number of nitrogens with one attached hydrogen (secondary N) is 2. The zero-order chi connectivity index (χ0) is 27.5. The van der Waals surface area contributed by atoms with E-state index in [-0.39, 0.29) is 42.7 Å². The second kappa shape index (κ2) is 12.4. The number of piperidine rings is 1. The van der Waals surface area contributed by atoms with Crippen LogP contribution in [0.3, 0.4) is 0 Å². The van der Waals surface area contributed by atoms with Crippen LogP contribution in [0.4, 0.5) is 18.0 Å². The van der Waals surface area contributed by atoms with Crippen molar-refractivity contribution in [2.75, 3.05) is 19.6 Å². The van der Waals surface area contributed by atoms with Crippen LogP contribution in [0.25, 0.3) is 0 Å². The van der Waals surface area contributed by atoms with Crippen molar-refractivity contribution in [1.29, 1.82) is 0 Å². The number of hydrogen-bond acceptors (Lipinski definition) is 4. The number of halogens is 4. The monoisotopic (exact) mass is 566 g/mol. The normalized spacial score (nSPS) is 18.2. The molecule has 0 saturated carbocycles. The van der Waals surface area contributed by atoms with E-state index in [1.807, 2.05) is 44.2 Å². The third-order valence-electron chi connectivity index (χ3n) is 7.35. The summed E-state index contributed by atoms with van der Waals surface area (Å²) in [6.45, 7) is 5.54. The van der Waals surface area contributed by atoms with Gasteiger partial charge in [0.1, 0.15) is 5.54 Å². The molecular formula is C28H34ClF3N4O3. The lowest BCUT2D eigenvalue weighted by atomic mass is 9.87. The van der Waals surface area contributed by atoms with Crippen molar-refractivity contribution in [2.45, 2.75) is 57.4 Å². The molecule has 0 aromatic heterocycles. The lowest BCUT2D eigenvalue weighted by Crippen LogP contribution is -2.55. The highest BCUT2D eigenvalue weighted by Crippen LogP contribution is 2.32. The van der Waals surface area contributed by atoms with Crippen LogP contribution in [0.5, 0.6) is 0 Å². The summed E-state index contributed by atoms with van der Waals surface area (Å²) in [6, 6.07) is 13.6. The molecule has 11 heteroatoms. The predicted octanol–water partition coefficient (Wildman–Crippen LogP) is 4.92. The minimum absolute atomic E-state index is 0. The van der Waals surface area contributed by atoms with Crippen molar-refractivity contribution >= 4 is 30.3 Å². The van der Waals surface area contributed by atoms with Gasteiger partial charge in [-0.25, -0.2) is 4.79 Å². The molecule has 1 spiro atoms. The molecule has 39 heavy (non-hydrogen) atoms. The first-order chi connectivity index (χ1) is 18.0. The minimum Gasteiger partial charge on any atom is -0.349 e. The van der Waals surface area contributed by atoms with Gasteiger partial charge in [-0.1, -0.05) is 56.3 Å². The summed E-state index contributed by atoms with van der Waals surface area (Å²) in [5.41, 5.74) is -0.288. The summed E-state index contributed by atoms with van der Waals surface area (Å²) in [5, 5.41) is 5.98. The fourth-order valence-corrected chi connectivity index (χ4v) is 4.96. The average Bonchev–Trinajstić information content (AvgIpc) is 3.11. The van der Waals surface area contributed by atoms with E-state index in [9.17, 15) is 27.6 Å². The summed E-state index contributed by atoms with van der Waals surface area (Å²) in [5.74, 6) is -0.476. The molecule has 0 unspecified atom stereocenters. The molecule has 0 radical (unpaired) electrons. The Labute approximate surface area is 232 Å². The molecule has 7 nitrogen and oxygen atoms in total. The molecular weight excluding hydrogens is 533 g/mol. The maximum absolute atomic E-state index is 13.3. The van der Waals surface area contributed by atoms with Gasteiger partial charge in [0, 0.05) is 25.6 Å². The first kappa shape index (κ1) is 30.4. The highest BCUT2D eigenvalue weighted by molar-refractivity contribution is 6.07. The Hall–Kier alpha value is -3.11. The van der Waals surface area contributed by atoms with Gasteiger partial charge >= 0.3 is 12.2 Å². The molecule has 2 aromatic rings. The number of carbonyl (C=O) groups excluding carboxylic acids is 3. The van der Waals surface area contributed by atoms with Gasteiger partial charge in [0.2, 0.25) is 5.91 Å². The second-order valence-corrected chi connectivity index (χ2v) is 10.4. The average molecular weight is 567 g/mol. The Kier molecular flexibility index (Phi) is 9.66. The standard InChI is InChI=1S/C28H33F3N4O3.ClH/c1-19(2)24(36)32-23(21-6-4-3-5-7-21)12-15-34-16-13-27(14-17-34)25(37)35(26(38)33-27)18-20-8-10-22(11-9-20)28(29,30)31;/h3-11,19,23H,12-18H2,1-2H3,(H,32,36)(H,33,38);1H/t23-;/m0./s1. The topological polar surface area (TPSA) is 81.8 Å². The molecule has 2 heterocycles. The van der Waals surface area contributed by atoms with Gasteiger partial charge in [0.25, 0.3) is 5.91 Å². The van der Waals surface area contributed by atoms with Gasteiger partial charge in [-0.05, 0) is 42.5 Å². The fraction of sp³-hybridized carbons (Fsp3) is 0.464. The van der Waals surface area contributed by atoms with Crippen molar-refractivity contribution in [1.82, 2.24) is 20.4 Å². The van der Waals surface area contributed by atoms with Crippen LogP contribution in [-0.2, 0) is 22.3 Å². The molecule has 4 rings (SSSR count). The van der Waals surface area contributed by atoms with E-state index in [0.29, 0.717) is 44.5 Å². The number of alkyl halides is 3. The van der Waals surface area contributed by atoms with Crippen LogP contribution in [0, 0.1) is 5.92 Å². The molecule has 1 atom stereocenters. The van der Waals surface area contributed by atoms with Crippen molar-refractivity contribution in [2.24, 2.45) is 5.92 Å². The van der Waals surface area contributed by atoms with E-state index in [1.54, 1.807) is 0 Å². The number of benzene rings is 2. The third-order valence-corrected chi connectivity index (χ3v) is 7.35. The molecule has 212 valence electrons. The first-order valence-corrected chi connectivity index (χ1v) is 12.9. The number of rotatable bonds is 8. The largest absolute Gasteiger partial charge is 0.416 e. The Balaban J connectivity index is 0.00000420. The summed E-state index contributed by atoms with van der Waals surface area (Å²) in [4.78, 5) is 41.6. The molecule has 0 bridgehead atoms. The zero-order valence-electron chi connectivity index (χ0n) is 22.0. The van der Waals surface area contributed by atoms with Crippen LogP contribution < -0.4 is 10.6 Å². The SMILES string of the molecule is CC(C)C(=O)N[C@@H](CCN1CCC2(CC1)NC(=O)N(Cc1ccc(C(F)(F)F)cc1)C2=O)c1ccccc1.Cl.